The van der Waals surface area contributed by atoms with E-state index in [2.05, 4.69) is 30.6 Å². The predicted molar refractivity (Wildman–Crippen MR) is 98.4 cm³/mol. The van der Waals surface area contributed by atoms with Gasteiger partial charge in [0, 0.05) is 18.4 Å². The third-order valence-corrected chi connectivity index (χ3v) is 4.14. The highest BCUT2D eigenvalue weighted by Gasteiger charge is 2.23. The summed E-state index contributed by atoms with van der Waals surface area (Å²) in [6.45, 7) is 2.83. The minimum atomic E-state index is -0.108. The standard InChI is InChI=1S/C20H23N3O/c1-2-3-15-22(18-12-5-4-6-13-18)20(24)21-23-16-9-11-17-10-7-8-14-19(17)23/h4-14,16,19H,2-3,15H2,1H3,(H,21,24). The molecule has 1 aliphatic heterocycles. The van der Waals surface area contributed by atoms with Gasteiger partial charge < -0.3 is 0 Å². The first kappa shape index (κ1) is 16.1. The zero-order chi connectivity index (χ0) is 16.8. The first-order valence-electron chi connectivity index (χ1n) is 8.44. The minimum Gasteiger partial charge on any atom is -0.293 e. The van der Waals surface area contributed by atoms with E-state index in [0.29, 0.717) is 6.54 Å². The van der Waals surface area contributed by atoms with Gasteiger partial charge >= 0.3 is 6.03 Å². The van der Waals surface area contributed by atoms with Crippen LogP contribution in [0.3, 0.4) is 0 Å². The molecular formula is C20H23N3O. The molecule has 1 heterocycles. The number of nitrogens with one attached hydrogen (secondary N) is 1. The summed E-state index contributed by atoms with van der Waals surface area (Å²) >= 11 is 0. The number of urea groups is 1. The number of hydrogen-bond donors (Lipinski definition) is 1. The van der Waals surface area contributed by atoms with Gasteiger partial charge in [-0.25, -0.2) is 10.2 Å². The summed E-state index contributed by atoms with van der Waals surface area (Å²) in [4.78, 5) is 14.7. The highest BCUT2D eigenvalue weighted by atomic mass is 16.2. The maximum atomic E-state index is 12.9. The van der Waals surface area contributed by atoms with Crippen molar-refractivity contribution in [3.05, 3.63) is 78.6 Å². The van der Waals surface area contributed by atoms with Gasteiger partial charge in [-0.3, -0.25) is 9.91 Å². The van der Waals surface area contributed by atoms with E-state index >= 15 is 0 Å². The Labute approximate surface area is 143 Å². The van der Waals surface area contributed by atoms with Crippen molar-refractivity contribution in [2.75, 3.05) is 11.4 Å². The molecular weight excluding hydrogens is 298 g/mol. The Morgan fingerprint density at radius 1 is 1.21 bits per heavy atom. The van der Waals surface area contributed by atoms with E-state index in [-0.39, 0.29) is 12.1 Å². The number of carbonyl (C=O) groups excluding carboxylic acids is 1. The molecule has 0 saturated carbocycles. The van der Waals surface area contributed by atoms with Gasteiger partial charge in [0.1, 0.15) is 0 Å². The van der Waals surface area contributed by atoms with Gasteiger partial charge in [-0.05, 0) is 30.2 Å². The molecule has 2 amide bonds. The van der Waals surface area contributed by atoms with Crippen molar-refractivity contribution >= 4 is 11.7 Å². The second-order valence-corrected chi connectivity index (χ2v) is 5.86. The van der Waals surface area contributed by atoms with Gasteiger partial charge in [-0.1, -0.05) is 61.9 Å². The molecule has 0 fully saturated rings. The van der Waals surface area contributed by atoms with Crippen molar-refractivity contribution < 1.29 is 4.79 Å². The monoisotopic (exact) mass is 321 g/mol. The topological polar surface area (TPSA) is 35.6 Å². The van der Waals surface area contributed by atoms with Crippen molar-refractivity contribution in [1.29, 1.82) is 0 Å². The van der Waals surface area contributed by atoms with Crippen LogP contribution < -0.4 is 10.3 Å². The summed E-state index contributed by atoms with van der Waals surface area (Å²) < 4.78 is 0. The van der Waals surface area contributed by atoms with Crippen LogP contribution in [0.4, 0.5) is 10.5 Å². The molecule has 1 aromatic carbocycles. The van der Waals surface area contributed by atoms with E-state index in [0.717, 1.165) is 18.5 Å². The van der Waals surface area contributed by atoms with Crippen LogP contribution in [0.1, 0.15) is 19.8 Å². The molecule has 1 aromatic rings. The van der Waals surface area contributed by atoms with Crippen molar-refractivity contribution in [2.24, 2.45) is 0 Å². The van der Waals surface area contributed by atoms with Crippen molar-refractivity contribution in [3.63, 3.8) is 0 Å². The normalized spacial score (nSPS) is 18.1. The summed E-state index contributed by atoms with van der Waals surface area (Å²) in [7, 11) is 0. The van der Waals surface area contributed by atoms with E-state index in [9.17, 15) is 4.79 Å². The first-order valence-corrected chi connectivity index (χ1v) is 8.44. The molecule has 0 spiro atoms. The molecule has 1 aliphatic carbocycles. The zero-order valence-corrected chi connectivity index (χ0v) is 13.9. The Balaban J connectivity index is 1.74. The SMILES string of the molecule is CCCCN(C(=O)NN1C=CC=C2C=CC=CC21)c1ccccc1. The summed E-state index contributed by atoms with van der Waals surface area (Å²) in [6.07, 6.45) is 16.1. The number of rotatable bonds is 5. The number of benzene rings is 1. The minimum absolute atomic E-state index is 0.0488. The molecule has 1 unspecified atom stereocenters. The van der Waals surface area contributed by atoms with Crippen LogP contribution in [-0.4, -0.2) is 23.6 Å². The van der Waals surface area contributed by atoms with Gasteiger partial charge in [0.05, 0.1) is 6.04 Å². The van der Waals surface area contributed by atoms with E-state index < -0.39 is 0 Å². The molecule has 0 radical (unpaired) electrons. The molecule has 0 aromatic heterocycles. The number of para-hydroxylation sites is 1. The second kappa shape index (κ2) is 7.68. The number of fused-ring (bicyclic) bond motifs is 1. The van der Waals surface area contributed by atoms with Crippen LogP contribution in [0.25, 0.3) is 0 Å². The molecule has 24 heavy (non-hydrogen) atoms. The Morgan fingerprint density at radius 2 is 2.04 bits per heavy atom. The molecule has 4 heteroatoms. The smallest absolute Gasteiger partial charge is 0.293 e. The number of carbonyl (C=O) groups is 1. The molecule has 4 nitrogen and oxygen atoms in total. The van der Waals surface area contributed by atoms with Crippen LogP contribution >= 0.6 is 0 Å². The van der Waals surface area contributed by atoms with Crippen LogP contribution in [0.15, 0.2) is 78.6 Å². The maximum Gasteiger partial charge on any atom is 0.340 e. The quantitative estimate of drug-likeness (QED) is 0.883. The summed E-state index contributed by atoms with van der Waals surface area (Å²) in [5.41, 5.74) is 5.12. The van der Waals surface area contributed by atoms with E-state index in [1.54, 1.807) is 4.90 Å². The lowest BCUT2D eigenvalue weighted by atomic mass is 9.99. The van der Waals surface area contributed by atoms with Crippen molar-refractivity contribution in [1.82, 2.24) is 10.4 Å². The van der Waals surface area contributed by atoms with E-state index in [4.69, 9.17) is 0 Å². The van der Waals surface area contributed by atoms with E-state index in [1.165, 1.54) is 5.57 Å². The lowest BCUT2D eigenvalue weighted by molar-refractivity contribution is 0.207. The lowest BCUT2D eigenvalue weighted by Crippen LogP contribution is -2.51. The van der Waals surface area contributed by atoms with Crippen LogP contribution in [0.2, 0.25) is 0 Å². The number of allylic oxidation sites excluding steroid dienone is 4. The van der Waals surface area contributed by atoms with Gasteiger partial charge in [0.2, 0.25) is 0 Å². The number of nitrogens with zero attached hydrogens (tertiary/aromatic N) is 2. The number of unbranched alkanes of at least 4 members (excludes halogenated alkanes) is 1. The van der Waals surface area contributed by atoms with Crippen LogP contribution in [0, 0.1) is 0 Å². The van der Waals surface area contributed by atoms with Crippen molar-refractivity contribution in [3.8, 4) is 0 Å². The van der Waals surface area contributed by atoms with Crippen LogP contribution in [-0.2, 0) is 0 Å². The largest absolute Gasteiger partial charge is 0.340 e. The van der Waals surface area contributed by atoms with Crippen molar-refractivity contribution in [2.45, 2.75) is 25.8 Å². The molecule has 0 bridgehead atoms. The number of anilines is 1. The lowest BCUT2D eigenvalue weighted by Gasteiger charge is -2.35. The molecule has 1 N–H and O–H groups in total. The van der Waals surface area contributed by atoms with Crippen LogP contribution in [0.5, 0.6) is 0 Å². The molecule has 124 valence electrons. The Bertz CT molecular complexity index is 688. The first-order chi connectivity index (χ1) is 11.8. The second-order valence-electron chi connectivity index (χ2n) is 5.86. The molecule has 2 aliphatic rings. The highest BCUT2D eigenvalue weighted by molar-refractivity contribution is 5.91. The molecule has 0 saturated heterocycles. The fraction of sp³-hybridized carbons (Fsp3) is 0.250. The number of amides is 2. The van der Waals surface area contributed by atoms with Gasteiger partial charge in [0.15, 0.2) is 0 Å². The van der Waals surface area contributed by atoms with Gasteiger partial charge in [-0.15, -0.1) is 0 Å². The average Bonchev–Trinajstić information content (AvgIpc) is 2.63. The summed E-state index contributed by atoms with van der Waals surface area (Å²) in [5.74, 6) is 0. The fourth-order valence-electron chi connectivity index (χ4n) is 2.84. The predicted octanol–water partition coefficient (Wildman–Crippen LogP) is 4.17. The Morgan fingerprint density at radius 3 is 2.83 bits per heavy atom. The van der Waals surface area contributed by atoms with E-state index in [1.807, 2.05) is 59.8 Å². The zero-order valence-electron chi connectivity index (χ0n) is 13.9. The van der Waals surface area contributed by atoms with Gasteiger partial charge in [0.25, 0.3) is 0 Å². The average molecular weight is 321 g/mol. The summed E-state index contributed by atoms with van der Waals surface area (Å²) in [6, 6.07) is 9.75. The van der Waals surface area contributed by atoms with Gasteiger partial charge in [-0.2, -0.15) is 0 Å². The Hall–Kier alpha value is -2.75. The molecule has 1 atom stereocenters. The summed E-state index contributed by atoms with van der Waals surface area (Å²) in [5, 5.41) is 1.86. The highest BCUT2D eigenvalue weighted by Crippen LogP contribution is 2.21. The molecule has 3 rings (SSSR count). The fourth-order valence-corrected chi connectivity index (χ4v) is 2.84. The number of hydrazine groups is 1. The third-order valence-electron chi connectivity index (χ3n) is 4.14. The Kier molecular flexibility index (Phi) is 5.16. The third kappa shape index (κ3) is 3.59. The number of hydrogen-bond acceptors (Lipinski definition) is 2. The maximum absolute atomic E-state index is 12.9.